The highest BCUT2D eigenvalue weighted by Crippen LogP contribution is 2.15. The first-order valence-electron chi connectivity index (χ1n) is 5.78. The van der Waals surface area contributed by atoms with Crippen molar-refractivity contribution in [2.45, 2.75) is 12.5 Å². The van der Waals surface area contributed by atoms with E-state index in [9.17, 15) is 0 Å². The highest BCUT2D eigenvalue weighted by Gasteiger charge is 2.10. The summed E-state index contributed by atoms with van der Waals surface area (Å²) in [6.45, 7) is 0. The number of H-pyrrole nitrogens is 1. The minimum absolute atomic E-state index is 0.207. The van der Waals surface area contributed by atoms with Gasteiger partial charge in [0.25, 0.3) is 0 Å². The van der Waals surface area contributed by atoms with Gasteiger partial charge in [-0.25, -0.2) is 4.98 Å². The molecular weight excluding hydrogens is 226 g/mol. The van der Waals surface area contributed by atoms with Gasteiger partial charge in [0.05, 0.1) is 11.6 Å². The van der Waals surface area contributed by atoms with Crippen LogP contribution >= 0.6 is 0 Å². The van der Waals surface area contributed by atoms with Crippen LogP contribution in [0.1, 0.15) is 17.6 Å². The van der Waals surface area contributed by atoms with Crippen molar-refractivity contribution in [1.82, 2.24) is 20.2 Å². The van der Waals surface area contributed by atoms with E-state index in [4.69, 9.17) is 5.73 Å². The minimum Gasteiger partial charge on any atom is -0.321 e. The molecule has 1 unspecified atom stereocenters. The second-order valence-corrected chi connectivity index (χ2v) is 4.18. The Morgan fingerprint density at radius 1 is 1.17 bits per heavy atom. The zero-order valence-electron chi connectivity index (χ0n) is 9.74. The Bertz CT molecular complexity index is 647. The number of nitrogens with one attached hydrogen (secondary N) is 1. The van der Waals surface area contributed by atoms with Gasteiger partial charge in [0.1, 0.15) is 12.2 Å². The van der Waals surface area contributed by atoms with Gasteiger partial charge < -0.3 is 5.73 Å². The van der Waals surface area contributed by atoms with Crippen molar-refractivity contribution in [2.24, 2.45) is 5.73 Å². The number of benzene rings is 1. The molecule has 0 saturated heterocycles. The molecule has 0 aliphatic carbocycles. The second-order valence-electron chi connectivity index (χ2n) is 4.18. The smallest absolute Gasteiger partial charge is 0.141 e. The SMILES string of the molecule is NC(Cc1ccc2ccccc2n1)c1ncn[nH]1. The fourth-order valence-electron chi connectivity index (χ4n) is 1.94. The molecule has 3 rings (SSSR count). The molecule has 0 saturated carbocycles. The van der Waals surface area contributed by atoms with E-state index in [0.717, 1.165) is 16.6 Å². The fraction of sp³-hybridized carbons (Fsp3) is 0.154. The van der Waals surface area contributed by atoms with Crippen LogP contribution in [0.25, 0.3) is 10.9 Å². The molecule has 2 heterocycles. The number of aromatic nitrogens is 4. The monoisotopic (exact) mass is 239 g/mol. The van der Waals surface area contributed by atoms with E-state index < -0.39 is 0 Å². The molecule has 0 spiro atoms. The zero-order chi connectivity index (χ0) is 12.4. The van der Waals surface area contributed by atoms with Gasteiger partial charge in [-0.2, -0.15) is 5.10 Å². The summed E-state index contributed by atoms with van der Waals surface area (Å²) >= 11 is 0. The van der Waals surface area contributed by atoms with Crippen LogP contribution in [0.3, 0.4) is 0 Å². The summed E-state index contributed by atoms with van der Waals surface area (Å²) in [5.74, 6) is 0.685. The van der Waals surface area contributed by atoms with E-state index in [2.05, 4.69) is 26.2 Å². The number of pyridine rings is 1. The van der Waals surface area contributed by atoms with E-state index in [0.29, 0.717) is 12.2 Å². The maximum Gasteiger partial charge on any atom is 0.141 e. The van der Waals surface area contributed by atoms with Crippen molar-refractivity contribution in [3.8, 4) is 0 Å². The predicted molar refractivity (Wildman–Crippen MR) is 68.8 cm³/mol. The Balaban J connectivity index is 1.86. The Morgan fingerprint density at radius 2 is 2.06 bits per heavy atom. The molecular formula is C13H13N5. The Labute approximate surface area is 104 Å². The van der Waals surface area contributed by atoms with Crippen molar-refractivity contribution in [3.63, 3.8) is 0 Å². The minimum atomic E-state index is -0.207. The molecule has 0 amide bonds. The normalized spacial score (nSPS) is 12.7. The Hall–Kier alpha value is -2.27. The number of nitrogens with two attached hydrogens (primary N) is 1. The maximum absolute atomic E-state index is 6.04. The van der Waals surface area contributed by atoms with Crippen LogP contribution in [-0.2, 0) is 6.42 Å². The molecule has 0 radical (unpaired) electrons. The van der Waals surface area contributed by atoms with E-state index in [1.54, 1.807) is 0 Å². The molecule has 90 valence electrons. The van der Waals surface area contributed by atoms with Gasteiger partial charge in [-0.05, 0) is 12.1 Å². The lowest BCUT2D eigenvalue weighted by Crippen LogP contribution is -2.15. The summed E-state index contributed by atoms with van der Waals surface area (Å²) in [7, 11) is 0. The number of para-hydroxylation sites is 1. The van der Waals surface area contributed by atoms with E-state index >= 15 is 0 Å². The van der Waals surface area contributed by atoms with Gasteiger partial charge in [0.2, 0.25) is 0 Å². The first-order valence-corrected chi connectivity index (χ1v) is 5.78. The molecule has 0 fully saturated rings. The fourth-order valence-corrected chi connectivity index (χ4v) is 1.94. The summed E-state index contributed by atoms with van der Waals surface area (Å²) in [4.78, 5) is 8.64. The maximum atomic E-state index is 6.04. The second kappa shape index (κ2) is 4.54. The number of aromatic amines is 1. The summed E-state index contributed by atoms with van der Waals surface area (Å²) in [6.07, 6.45) is 2.10. The third-order valence-corrected chi connectivity index (χ3v) is 2.87. The molecule has 2 aromatic heterocycles. The lowest BCUT2D eigenvalue weighted by Gasteiger charge is -2.08. The van der Waals surface area contributed by atoms with E-state index in [-0.39, 0.29) is 6.04 Å². The van der Waals surface area contributed by atoms with Crippen LogP contribution in [0.2, 0.25) is 0 Å². The van der Waals surface area contributed by atoms with Gasteiger partial charge >= 0.3 is 0 Å². The number of nitrogens with zero attached hydrogens (tertiary/aromatic N) is 3. The largest absolute Gasteiger partial charge is 0.321 e. The molecule has 5 heteroatoms. The molecule has 0 bridgehead atoms. The number of fused-ring (bicyclic) bond motifs is 1. The van der Waals surface area contributed by atoms with Crippen LogP contribution in [0.5, 0.6) is 0 Å². The summed E-state index contributed by atoms with van der Waals surface area (Å²) in [5.41, 5.74) is 7.98. The summed E-state index contributed by atoms with van der Waals surface area (Å²) < 4.78 is 0. The summed E-state index contributed by atoms with van der Waals surface area (Å²) in [5, 5.41) is 7.71. The third kappa shape index (κ3) is 2.08. The zero-order valence-corrected chi connectivity index (χ0v) is 9.74. The van der Waals surface area contributed by atoms with Crippen LogP contribution in [0.4, 0.5) is 0 Å². The predicted octanol–water partition coefficient (Wildman–Crippen LogP) is 1.60. The molecule has 3 N–H and O–H groups in total. The molecule has 0 aliphatic rings. The van der Waals surface area contributed by atoms with Gasteiger partial charge in [-0.3, -0.25) is 10.1 Å². The number of hydrogen-bond donors (Lipinski definition) is 2. The average Bonchev–Trinajstić information content (AvgIpc) is 2.92. The van der Waals surface area contributed by atoms with Crippen molar-refractivity contribution in [1.29, 1.82) is 0 Å². The first kappa shape index (κ1) is 10.9. The van der Waals surface area contributed by atoms with Crippen molar-refractivity contribution in [2.75, 3.05) is 0 Å². The van der Waals surface area contributed by atoms with Crippen molar-refractivity contribution < 1.29 is 0 Å². The molecule has 18 heavy (non-hydrogen) atoms. The standard InChI is InChI=1S/C13H13N5/c14-11(13-15-8-16-18-13)7-10-6-5-9-3-1-2-4-12(9)17-10/h1-6,8,11H,7,14H2,(H,15,16,18). The summed E-state index contributed by atoms with van der Waals surface area (Å²) in [6, 6.07) is 11.9. The molecule has 5 nitrogen and oxygen atoms in total. The van der Waals surface area contributed by atoms with Crippen LogP contribution < -0.4 is 5.73 Å². The third-order valence-electron chi connectivity index (χ3n) is 2.87. The topological polar surface area (TPSA) is 80.5 Å². The molecule has 1 aromatic carbocycles. The average molecular weight is 239 g/mol. The van der Waals surface area contributed by atoms with Crippen LogP contribution in [0, 0.1) is 0 Å². The van der Waals surface area contributed by atoms with E-state index in [1.807, 2.05) is 30.3 Å². The van der Waals surface area contributed by atoms with Gasteiger partial charge in [0.15, 0.2) is 0 Å². The Kier molecular flexibility index (Phi) is 2.74. The van der Waals surface area contributed by atoms with E-state index in [1.165, 1.54) is 6.33 Å². The lowest BCUT2D eigenvalue weighted by atomic mass is 10.1. The molecule has 3 aromatic rings. The highest BCUT2D eigenvalue weighted by molar-refractivity contribution is 5.78. The van der Waals surface area contributed by atoms with Gasteiger partial charge in [-0.1, -0.05) is 24.3 Å². The molecule has 0 aliphatic heterocycles. The van der Waals surface area contributed by atoms with Crippen molar-refractivity contribution >= 4 is 10.9 Å². The Morgan fingerprint density at radius 3 is 2.89 bits per heavy atom. The quantitative estimate of drug-likeness (QED) is 0.727. The van der Waals surface area contributed by atoms with Crippen molar-refractivity contribution in [3.05, 3.63) is 54.2 Å². The number of hydrogen-bond acceptors (Lipinski definition) is 4. The van der Waals surface area contributed by atoms with Gasteiger partial charge in [-0.15, -0.1) is 0 Å². The molecule has 1 atom stereocenters. The van der Waals surface area contributed by atoms with Gasteiger partial charge in [0, 0.05) is 17.5 Å². The van der Waals surface area contributed by atoms with Crippen LogP contribution in [0.15, 0.2) is 42.7 Å². The number of rotatable bonds is 3. The first-order chi connectivity index (χ1) is 8.83. The lowest BCUT2D eigenvalue weighted by molar-refractivity contribution is 0.661. The van der Waals surface area contributed by atoms with Crippen LogP contribution in [-0.4, -0.2) is 20.2 Å². The highest BCUT2D eigenvalue weighted by atomic mass is 15.2.